The van der Waals surface area contributed by atoms with Gasteiger partial charge in [-0.2, -0.15) is 0 Å². The number of para-hydroxylation sites is 1. The van der Waals surface area contributed by atoms with Gasteiger partial charge in [0, 0.05) is 19.2 Å². The monoisotopic (exact) mass is 236 g/mol. The number of amides is 1. The first-order valence-corrected chi connectivity index (χ1v) is 5.30. The van der Waals surface area contributed by atoms with Crippen LogP contribution in [0.5, 0.6) is 0 Å². The minimum Gasteiger partial charge on any atom is -0.391 e. The van der Waals surface area contributed by atoms with Crippen molar-refractivity contribution in [3.63, 3.8) is 0 Å². The third-order valence-electron chi connectivity index (χ3n) is 2.78. The normalized spacial score (nSPS) is 19.4. The van der Waals surface area contributed by atoms with Gasteiger partial charge in [-0.25, -0.2) is 0 Å². The fourth-order valence-corrected chi connectivity index (χ4v) is 1.91. The lowest BCUT2D eigenvalue weighted by Crippen LogP contribution is -2.30. The number of carbonyl (C=O) groups is 1. The third kappa shape index (κ3) is 2.26. The Bertz CT molecular complexity index is 461. The van der Waals surface area contributed by atoms with Gasteiger partial charge < -0.3 is 10.0 Å². The van der Waals surface area contributed by atoms with Gasteiger partial charge in [0.15, 0.2) is 0 Å². The van der Waals surface area contributed by atoms with Crippen molar-refractivity contribution in [1.29, 1.82) is 0 Å². The first kappa shape index (κ1) is 11.5. The van der Waals surface area contributed by atoms with Crippen LogP contribution in [0, 0.1) is 10.1 Å². The maximum Gasteiger partial charge on any atom is 0.282 e. The average Bonchev–Trinajstić information content (AvgIpc) is 2.75. The number of hydrogen-bond donors (Lipinski definition) is 1. The SMILES string of the molecule is O=C(c1ccccc1[N+](=O)[O-])N1CC[C@H](O)C1. The summed E-state index contributed by atoms with van der Waals surface area (Å²) in [5, 5.41) is 20.1. The van der Waals surface area contributed by atoms with E-state index in [4.69, 9.17) is 0 Å². The Morgan fingerprint density at radius 3 is 2.76 bits per heavy atom. The molecule has 1 fully saturated rings. The van der Waals surface area contributed by atoms with Gasteiger partial charge in [-0.05, 0) is 12.5 Å². The van der Waals surface area contributed by atoms with Crippen molar-refractivity contribution in [2.45, 2.75) is 12.5 Å². The minimum absolute atomic E-state index is 0.0756. The molecule has 0 spiro atoms. The zero-order chi connectivity index (χ0) is 12.4. The second-order valence-corrected chi connectivity index (χ2v) is 3.97. The van der Waals surface area contributed by atoms with Crippen LogP contribution >= 0.6 is 0 Å². The summed E-state index contributed by atoms with van der Waals surface area (Å²) in [7, 11) is 0. The fraction of sp³-hybridized carbons (Fsp3) is 0.364. The summed E-state index contributed by atoms with van der Waals surface area (Å²) in [6.45, 7) is 0.678. The van der Waals surface area contributed by atoms with Gasteiger partial charge in [-0.3, -0.25) is 14.9 Å². The van der Waals surface area contributed by atoms with Crippen LogP contribution in [0.1, 0.15) is 16.8 Å². The van der Waals surface area contributed by atoms with Gasteiger partial charge in [0.25, 0.3) is 11.6 Å². The first-order chi connectivity index (χ1) is 8.09. The second-order valence-electron chi connectivity index (χ2n) is 3.97. The number of nitro groups is 1. The summed E-state index contributed by atoms with van der Waals surface area (Å²) in [6, 6.07) is 5.85. The molecule has 1 amide bonds. The van der Waals surface area contributed by atoms with Crippen LogP contribution in [0.3, 0.4) is 0 Å². The minimum atomic E-state index is -0.570. The topological polar surface area (TPSA) is 83.7 Å². The van der Waals surface area contributed by atoms with Crippen molar-refractivity contribution in [1.82, 2.24) is 4.90 Å². The number of likely N-dealkylation sites (tertiary alicyclic amines) is 1. The Labute approximate surface area is 97.6 Å². The molecule has 0 saturated carbocycles. The molecule has 2 rings (SSSR count). The molecule has 1 aromatic rings. The first-order valence-electron chi connectivity index (χ1n) is 5.30. The average molecular weight is 236 g/mol. The van der Waals surface area contributed by atoms with Crippen molar-refractivity contribution in [3.8, 4) is 0 Å². The Kier molecular flexibility index (Phi) is 3.06. The number of aliphatic hydroxyl groups excluding tert-OH is 1. The van der Waals surface area contributed by atoms with E-state index in [9.17, 15) is 20.0 Å². The van der Waals surface area contributed by atoms with E-state index in [-0.39, 0.29) is 17.8 Å². The summed E-state index contributed by atoms with van der Waals surface area (Å²) < 4.78 is 0. The Morgan fingerprint density at radius 2 is 2.18 bits per heavy atom. The Morgan fingerprint density at radius 1 is 1.47 bits per heavy atom. The van der Waals surface area contributed by atoms with E-state index >= 15 is 0 Å². The lowest BCUT2D eigenvalue weighted by Gasteiger charge is -2.15. The van der Waals surface area contributed by atoms with Crippen molar-refractivity contribution in [3.05, 3.63) is 39.9 Å². The fourth-order valence-electron chi connectivity index (χ4n) is 1.91. The van der Waals surface area contributed by atoms with Crippen molar-refractivity contribution in [2.75, 3.05) is 13.1 Å². The van der Waals surface area contributed by atoms with E-state index in [1.807, 2.05) is 0 Å². The Balaban J connectivity index is 2.28. The van der Waals surface area contributed by atoms with Gasteiger partial charge in [-0.1, -0.05) is 12.1 Å². The van der Waals surface area contributed by atoms with Gasteiger partial charge >= 0.3 is 0 Å². The molecule has 1 N–H and O–H groups in total. The maximum absolute atomic E-state index is 12.0. The number of nitro benzene ring substituents is 1. The molecule has 1 saturated heterocycles. The number of nitrogens with zero attached hydrogens (tertiary/aromatic N) is 2. The molecule has 1 heterocycles. The molecule has 6 nitrogen and oxygen atoms in total. The number of β-amino-alcohol motifs (C(OH)–C–C–N with tert-alkyl or cyclic N) is 1. The van der Waals surface area contributed by atoms with E-state index in [1.54, 1.807) is 6.07 Å². The van der Waals surface area contributed by atoms with Crippen LogP contribution in [0.4, 0.5) is 5.69 Å². The molecule has 1 atom stereocenters. The Hall–Kier alpha value is -1.95. The van der Waals surface area contributed by atoms with Gasteiger partial charge in [0.05, 0.1) is 11.0 Å². The molecular weight excluding hydrogens is 224 g/mol. The highest BCUT2D eigenvalue weighted by Gasteiger charge is 2.29. The molecule has 6 heteroatoms. The second kappa shape index (κ2) is 4.50. The summed E-state index contributed by atoms with van der Waals surface area (Å²) in [5.41, 5.74) is -0.120. The van der Waals surface area contributed by atoms with Crippen molar-refractivity contribution < 1.29 is 14.8 Å². The van der Waals surface area contributed by atoms with Crippen LogP contribution in [-0.4, -0.2) is 40.0 Å². The lowest BCUT2D eigenvalue weighted by atomic mass is 10.1. The van der Waals surface area contributed by atoms with E-state index < -0.39 is 16.9 Å². The van der Waals surface area contributed by atoms with Crippen LogP contribution < -0.4 is 0 Å². The van der Waals surface area contributed by atoms with Crippen molar-refractivity contribution in [2.24, 2.45) is 0 Å². The number of benzene rings is 1. The van der Waals surface area contributed by atoms with Crippen LogP contribution in [0.2, 0.25) is 0 Å². The molecule has 0 radical (unpaired) electrons. The molecule has 0 bridgehead atoms. The summed E-state index contributed by atoms with van der Waals surface area (Å²) >= 11 is 0. The third-order valence-corrected chi connectivity index (χ3v) is 2.78. The number of aliphatic hydroxyl groups is 1. The molecule has 0 aromatic heterocycles. The van der Waals surface area contributed by atoms with E-state index in [0.29, 0.717) is 13.0 Å². The largest absolute Gasteiger partial charge is 0.391 e. The van der Waals surface area contributed by atoms with Gasteiger partial charge in [0.1, 0.15) is 5.56 Å². The maximum atomic E-state index is 12.0. The van der Waals surface area contributed by atoms with E-state index in [1.165, 1.54) is 23.1 Å². The predicted molar refractivity (Wildman–Crippen MR) is 59.6 cm³/mol. The van der Waals surface area contributed by atoms with Crippen LogP contribution in [0.15, 0.2) is 24.3 Å². The standard InChI is InChI=1S/C11H12N2O4/c14-8-5-6-12(7-8)11(15)9-3-1-2-4-10(9)13(16)17/h1-4,8,14H,5-7H2/t8-/m0/s1. The lowest BCUT2D eigenvalue weighted by molar-refractivity contribution is -0.385. The number of carbonyl (C=O) groups excluding carboxylic acids is 1. The van der Waals surface area contributed by atoms with Crippen LogP contribution in [0.25, 0.3) is 0 Å². The van der Waals surface area contributed by atoms with Gasteiger partial charge in [0.2, 0.25) is 0 Å². The van der Waals surface area contributed by atoms with E-state index in [0.717, 1.165) is 0 Å². The number of rotatable bonds is 2. The molecule has 1 aromatic carbocycles. The number of hydrogen-bond acceptors (Lipinski definition) is 4. The smallest absolute Gasteiger partial charge is 0.282 e. The predicted octanol–water partition coefficient (Wildman–Crippen LogP) is 0.802. The summed E-state index contributed by atoms with van der Waals surface area (Å²) in [5.74, 6) is -0.395. The van der Waals surface area contributed by atoms with E-state index in [2.05, 4.69) is 0 Å². The molecule has 0 aliphatic carbocycles. The van der Waals surface area contributed by atoms with Gasteiger partial charge in [-0.15, -0.1) is 0 Å². The van der Waals surface area contributed by atoms with Crippen molar-refractivity contribution >= 4 is 11.6 Å². The molecule has 1 aliphatic rings. The highest BCUT2D eigenvalue weighted by atomic mass is 16.6. The quantitative estimate of drug-likeness (QED) is 0.608. The molecular formula is C11H12N2O4. The van der Waals surface area contributed by atoms with Crippen LogP contribution in [-0.2, 0) is 0 Å². The zero-order valence-corrected chi connectivity index (χ0v) is 9.07. The highest BCUT2D eigenvalue weighted by molar-refractivity contribution is 5.98. The summed E-state index contributed by atoms with van der Waals surface area (Å²) in [4.78, 5) is 23.7. The molecule has 0 unspecified atom stereocenters. The zero-order valence-electron chi connectivity index (χ0n) is 9.07. The highest BCUT2D eigenvalue weighted by Crippen LogP contribution is 2.21. The molecule has 1 aliphatic heterocycles. The molecule has 17 heavy (non-hydrogen) atoms. The summed E-state index contributed by atoms with van der Waals surface area (Å²) in [6.07, 6.45) is -0.00598. The molecule has 90 valence electrons.